The fraction of sp³-hybridized carbons (Fsp3) is 0.312. The van der Waals surface area contributed by atoms with Gasteiger partial charge in [0, 0.05) is 18.8 Å². The molecule has 1 aliphatic carbocycles. The van der Waals surface area contributed by atoms with Crippen LogP contribution in [-0.2, 0) is 19.4 Å². The summed E-state index contributed by atoms with van der Waals surface area (Å²) in [6.45, 7) is 0.455. The molecule has 0 aliphatic heterocycles. The molecule has 0 spiro atoms. The fourth-order valence-electron chi connectivity index (χ4n) is 2.79. The summed E-state index contributed by atoms with van der Waals surface area (Å²) in [6.07, 6.45) is 5.83. The monoisotopic (exact) mass is 283 g/mol. The highest BCUT2D eigenvalue weighted by Gasteiger charge is 2.19. The summed E-state index contributed by atoms with van der Waals surface area (Å²) >= 11 is 0. The maximum absolute atomic E-state index is 11.1. The van der Waals surface area contributed by atoms with Crippen LogP contribution in [0, 0.1) is 0 Å². The van der Waals surface area contributed by atoms with Gasteiger partial charge in [-0.1, -0.05) is 24.3 Å². The van der Waals surface area contributed by atoms with Crippen molar-refractivity contribution >= 4 is 5.97 Å². The van der Waals surface area contributed by atoms with Crippen LogP contribution >= 0.6 is 0 Å². The summed E-state index contributed by atoms with van der Waals surface area (Å²) in [7, 11) is 0. The number of nitrogens with zero attached hydrogens (tertiary/aromatic N) is 2. The van der Waals surface area contributed by atoms with Gasteiger partial charge in [0.2, 0.25) is 0 Å². The molecule has 1 aliphatic rings. The van der Waals surface area contributed by atoms with E-state index >= 15 is 0 Å². The predicted octanol–water partition coefficient (Wildman–Crippen LogP) is 1.82. The summed E-state index contributed by atoms with van der Waals surface area (Å²) in [5.41, 5.74) is 3.50. The molecule has 5 heteroatoms. The Labute approximate surface area is 123 Å². The zero-order valence-corrected chi connectivity index (χ0v) is 11.6. The molecular weight excluding hydrogens is 266 g/mol. The van der Waals surface area contributed by atoms with Crippen molar-refractivity contribution in [1.82, 2.24) is 15.3 Å². The number of rotatable bonds is 4. The van der Waals surface area contributed by atoms with Crippen LogP contribution in [0.1, 0.15) is 33.6 Å². The van der Waals surface area contributed by atoms with Crippen molar-refractivity contribution in [1.29, 1.82) is 0 Å². The third kappa shape index (κ3) is 3.08. The van der Waals surface area contributed by atoms with E-state index in [1.54, 1.807) is 0 Å². The number of carboxylic acid groups (broad SMARTS) is 1. The molecule has 1 unspecified atom stereocenters. The highest BCUT2D eigenvalue weighted by atomic mass is 16.4. The number of benzene rings is 1. The lowest BCUT2D eigenvalue weighted by molar-refractivity contribution is 0.0694. The summed E-state index contributed by atoms with van der Waals surface area (Å²) in [4.78, 5) is 19.0. The Kier molecular flexibility index (Phi) is 3.92. The van der Waals surface area contributed by atoms with Gasteiger partial charge in [-0.05, 0) is 30.4 Å². The van der Waals surface area contributed by atoms with E-state index in [2.05, 4.69) is 39.6 Å². The van der Waals surface area contributed by atoms with Gasteiger partial charge in [0.05, 0.1) is 5.69 Å². The van der Waals surface area contributed by atoms with E-state index in [4.69, 9.17) is 5.11 Å². The minimum absolute atomic E-state index is 0.168. The molecule has 1 heterocycles. The molecule has 108 valence electrons. The standard InChI is InChI=1S/C16H17N3O2/c20-16(21)14-8-17-10-19-15(14)9-18-13-6-5-11-3-1-2-4-12(11)7-13/h1-4,8,10,13,18H,5-7,9H2,(H,20,21). The second-order valence-corrected chi connectivity index (χ2v) is 5.28. The molecule has 3 rings (SSSR count). The van der Waals surface area contributed by atoms with E-state index in [0.29, 0.717) is 18.3 Å². The lowest BCUT2D eigenvalue weighted by atomic mass is 9.88. The number of nitrogens with one attached hydrogen (secondary N) is 1. The number of hydrogen-bond donors (Lipinski definition) is 2. The van der Waals surface area contributed by atoms with E-state index in [-0.39, 0.29) is 5.56 Å². The SMILES string of the molecule is O=C(O)c1cncnc1CNC1CCc2ccccc2C1. The Balaban J connectivity index is 1.66. The molecule has 1 aromatic heterocycles. The second-order valence-electron chi connectivity index (χ2n) is 5.28. The molecule has 0 bridgehead atoms. The molecule has 2 aromatic rings. The van der Waals surface area contributed by atoms with Crippen LogP contribution < -0.4 is 5.32 Å². The summed E-state index contributed by atoms with van der Waals surface area (Å²) in [5, 5.41) is 12.5. The van der Waals surface area contributed by atoms with E-state index < -0.39 is 5.97 Å². The number of carbonyl (C=O) groups is 1. The minimum atomic E-state index is -0.985. The highest BCUT2D eigenvalue weighted by molar-refractivity contribution is 5.88. The summed E-state index contributed by atoms with van der Waals surface area (Å²) in [6, 6.07) is 8.84. The van der Waals surface area contributed by atoms with Crippen molar-refractivity contribution < 1.29 is 9.90 Å². The van der Waals surface area contributed by atoms with Gasteiger partial charge in [-0.15, -0.1) is 0 Å². The number of carboxylic acids is 1. The third-order valence-electron chi connectivity index (χ3n) is 3.93. The highest BCUT2D eigenvalue weighted by Crippen LogP contribution is 2.21. The van der Waals surface area contributed by atoms with Gasteiger partial charge < -0.3 is 10.4 Å². The van der Waals surface area contributed by atoms with Crippen molar-refractivity contribution in [2.24, 2.45) is 0 Å². The zero-order valence-electron chi connectivity index (χ0n) is 11.6. The third-order valence-corrected chi connectivity index (χ3v) is 3.93. The van der Waals surface area contributed by atoms with Crippen molar-refractivity contribution in [3.8, 4) is 0 Å². The molecule has 0 amide bonds. The van der Waals surface area contributed by atoms with Crippen molar-refractivity contribution in [3.05, 3.63) is 59.2 Å². The van der Waals surface area contributed by atoms with Gasteiger partial charge in [-0.25, -0.2) is 14.8 Å². The lowest BCUT2D eigenvalue weighted by Crippen LogP contribution is -2.34. The summed E-state index contributed by atoms with van der Waals surface area (Å²) < 4.78 is 0. The molecule has 0 saturated carbocycles. The zero-order chi connectivity index (χ0) is 14.7. The van der Waals surface area contributed by atoms with Gasteiger partial charge in [0.25, 0.3) is 0 Å². The maximum atomic E-state index is 11.1. The van der Waals surface area contributed by atoms with E-state index in [1.165, 1.54) is 23.7 Å². The Morgan fingerprint density at radius 3 is 2.95 bits per heavy atom. The largest absolute Gasteiger partial charge is 0.478 e. The van der Waals surface area contributed by atoms with Crippen LogP contribution in [0.3, 0.4) is 0 Å². The number of aromatic nitrogens is 2. The molecular formula is C16H17N3O2. The van der Waals surface area contributed by atoms with Crippen LogP contribution in [0.4, 0.5) is 0 Å². The van der Waals surface area contributed by atoms with Crippen molar-refractivity contribution in [2.45, 2.75) is 31.8 Å². The van der Waals surface area contributed by atoms with Crippen LogP contribution in [-0.4, -0.2) is 27.1 Å². The van der Waals surface area contributed by atoms with E-state index in [9.17, 15) is 4.79 Å². The smallest absolute Gasteiger partial charge is 0.339 e. The number of fused-ring (bicyclic) bond motifs is 1. The van der Waals surface area contributed by atoms with Gasteiger partial charge in [-0.3, -0.25) is 0 Å². The Morgan fingerprint density at radius 2 is 2.14 bits per heavy atom. The first-order valence-electron chi connectivity index (χ1n) is 7.06. The molecule has 2 N–H and O–H groups in total. The first-order chi connectivity index (χ1) is 10.2. The average molecular weight is 283 g/mol. The molecule has 21 heavy (non-hydrogen) atoms. The van der Waals surface area contributed by atoms with Gasteiger partial charge in [0.1, 0.15) is 11.9 Å². The molecule has 5 nitrogen and oxygen atoms in total. The van der Waals surface area contributed by atoms with Crippen molar-refractivity contribution in [2.75, 3.05) is 0 Å². The molecule has 1 atom stereocenters. The lowest BCUT2D eigenvalue weighted by Gasteiger charge is -2.25. The Bertz CT molecular complexity index is 657. The molecule has 0 fully saturated rings. The molecule has 0 saturated heterocycles. The number of hydrogen-bond acceptors (Lipinski definition) is 4. The van der Waals surface area contributed by atoms with Gasteiger partial charge in [0.15, 0.2) is 0 Å². The predicted molar refractivity (Wildman–Crippen MR) is 78.1 cm³/mol. The topological polar surface area (TPSA) is 75.1 Å². The quantitative estimate of drug-likeness (QED) is 0.895. The van der Waals surface area contributed by atoms with Crippen LogP contribution in [0.25, 0.3) is 0 Å². The second kappa shape index (κ2) is 6.01. The number of aryl methyl sites for hydroxylation is 1. The summed E-state index contributed by atoms with van der Waals surface area (Å²) in [5.74, 6) is -0.985. The number of aromatic carboxylic acids is 1. The van der Waals surface area contributed by atoms with Crippen LogP contribution in [0.2, 0.25) is 0 Å². The Hall–Kier alpha value is -2.27. The minimum Gasteiger partial charge on any atom is -0.478 e. The van der Waals surface area contributed by atoms with Crippen molar-refractivity contribution in [3.63, 3.8) is 0 Å². The average Bonchev–Trinajstić information content (AvgIpc) is 2.53. The first kappa shape index (κ1) is 13.7. The molecule has 0 radical (unpaired) electrons. The first-order valence-corrected chi connectivity index (χ1v) is 7.06. The van der Waals surface area contributed by atoms with Gasteiger partial charge in [-0.2, -0.15) is 0 Å². The van der Waals surface area contributed by atoms with Gasteiger partial charge >= 0.3 is 5.97 Å². The fourth-order valence-corrected chi connectivity index (χ4v) is 2.79. The van der Waals surface area contributed by atoms with E-state index in [1.807, 2.05) is 0 Å². The maximum Gasteiger partial charge on any atom is 0.339 e. The van der Waals surface area contributed by atoms with Crippen LogP contribution in [0.5, 0.6) is 0 Å². The van der Waals surface area contributed by atoms with Crippen LogP contribution in [0.15, 0.2) is 36.8 Å². The normalized spacial score (nSPS) is 17.2. The molecule has 1 aromatic carbocycles. The Morgan fingerprint density at radius 1 is 1.33 bits per heavy atom. The van der Waals surface area contributed by atoms with E-state index in [0.717, 1.165) is 19.3 Å².